The molecule has 0 aliphatic carbocycles. The normalized spacial score (nSPS) is 11.5. The van der Waals surface area contributed by atoms with Crippen LogP contribution in [0.5, 0.6) is 5.88 Å². The smallest absolute Gasteiger partial charge is 0.326 e. The first-order chi connectivity index (χ1) is 9.56. The van der Waals surface area contributed by atoms with Crippen LogP contribution in [0, 0.1) is 0 Å². The Balaban J connectivity index is 2.54. The Morgan fingerprint density at radius 3 is 2.65 bits per heavy atom. The molecule has 0 bridgehead atoms. The van der Waals surface area contributed by atoms with Crippen LogP contribution in [0.1, 0.15) is 26.7 Å². The summed E-state index contributed by atoms with van der Waals surface area (Å²) in [4.78, 5) is 26.6. The Labute approximate surface area is 117 Å². The van der Waals surface area contributed by atoms with Crippen molar-refractivity contribution in [3.05, 3.63) is 18.3 Å². The summed E-state index contributed by atoms with van der Waals surface area (Å²) in [6.45, 7) is 4.21. The predicted octanol–water partition coefficient (Wildman–Crippen LogP) is 1.86. The fraction of sp³-hybridized carbons (Fsp3) is 0.462. The number of aromatic nitrogens is 1. The van der Waals surface area contributed by atoms with Crippen molar-refractivity contribution in [3.8, 4) is 5.88 Å². The number of hydrogen-bond acceptors (Lipinski definition) is 4. The first-order valence-corrected chi connectivity index (χ1v) is 6.46. The van der Waals surface area contributed by atoms with E-state index in [4.69, 9.17) is 9.84 Å². The molecule has 0 unspecified atom stereocenters. The summed E-state index contributed by atoms with van der Waals surface area (Å²) in [6, 6.07) is 1.79. The number of amides is 2. The molecule has 3 N–H and O–H groups in total. The molecule has 1 aromatic heterocycles. The van der Waals surface area contributed by atoms with Gasteiger partial charge in [0, 0.05) is 6.07 Å². The molecule has 0 aliphatic rings. The number of carboxylic acid groups (broad SMARTS) is 1. The monoisotopic (exact) mass is 281 g/mol. The van der Waals surface area contributed by atoms with E-state index in [2.05, 4.69) is 15.6 Å². The number of urea groups is 1. The van der Waals surface area contributed by atoms with Gasteiger partial charge >= 0.3 is 12.0 Å². The Hall–Kier alpha value is -2.31. The number of nitrogens with zero attached hydrogens (tertiary/aromatic N) is 1. The van der Waals surface area contributed by atoms with Crippen molar-refractivity contribution in [1.82, 2.24) is 10.3 Å². The quantitative estimate of drug-likeness (QED) is 0.708. The number of carbonyl (C=O) groups is 2. The SMILES string of the molecule is CCC[C@H](NC(=O)Nc1ccc(OCC)nc1)C(=O)O. The number of rotatable bonds is 7. The maximum Gasteiger partial charge on any atom is 0.326 e. The lowest BCUT2D eigenvalue weighted by Gasteiger charge is -2.14. The van der Waals surface area contributed by atoms with Crippen LogP contribution < -0.4 is 15.4 Å². The van der Waals surface area contributed by atoms with Gasteiger partial charge in [0.15, 0.2) is 0 Å². The van der Waals surface area contributed by atoms with Crippen molar-refractivity contribution in [2.75, 3.05) is 11.9 Å². The summed E-state index contributed by atoms with van der Waals surface area (Å²) in [5.74, 6) is -0.584. The molecule has 1 atom stereocenters. The Morgan fingerprint density at radius 2 is 2.15 bits per heavy atom. The number of aliphatic carboxylic acids is 1. The molecule has 2 amide bonds. The van der Waals surface area contributed by atoms with E-state index in [-0.39, 0.29) is 0 Å². The van der Waals surface area contributed by atoms with Gasteiger partial charge in [-0.25, -0.2) is 14.6 Å². The molecular formula is C13H19N3O4. The van der Waals surface area contributed by atoms with Crippen molar-refractivity contribution >= 4 is 17.7 Å². The zero-order chi connectivity index (χ0) is 15.0. The summed E-state index contributed by atoms with van der Waals surface area (Å²) in [5.41, 5.74) is 0.464. The second kappa shape index (κ2) is 7.98. The van der Waals surface area contributed by atoms with Crippen LogP contribution >= 0.6 is 0 Å². The Bertz CT molecular complexity index is 447. The molecule has 0 aliphatic heterocycles. The highest BCUT2D eigenvalue weighted by atomic mass is 16.5. The molecule has 0 saturated heterocycles. The summed E-state index contributed by atoms with van der Waals surface area (Å²) >= 11 is 0. The number of carboxylic acids is 1. The largest absolute Gasteiger partial charge is 0.480 e. The van der Waals surface area contributed by atoms with E-state index in [9.17, 15) is 9.59 Å². The third-order valence-electron chi connectivity index (χ3n) is 2.47. The zero-order valence-electron chi connectivity index (χ0n) is 11.5. The Morgan fingerprint density at radius 1 is 1.40 bits per heavy atom. The lowest BCUT2D eigenvalue weighted by Crippen LogP contribution is -2.42. The van der Waals surface area contributed by atoms with Crippen LogP contribution in [0.2, 0.25) is 0 Å². The molecule has 1 rings (SSSR count). The molecule has 1 aromatic rings. The highest BCUT2D eigenvalue weighted by Gasteiger charge is 2.18. The molecule has 1 heterocycles. The van der Waals surface area contributed by atoms with Gasteiger partial charge in [-0.15, -0.1) is 0 Å². The maximum atomic E-state index is 11.7. The molecule has 110 valence electrons. The second-order valence-corrected chi connectivity index (χ2v) is 4.10. The van der Waals surface area contributed by atoms with Crippen molar-refractivity contribution in [3.63, 3.8) is 0 Å². The first kappa shape index (κ1) is 15.7. The highest BCUT2D eigenvalue weighted by Crippen LogP contribution is 2.11. The van der Waals surface area contributed by atoms with Crippen LogP contribution in [0.25, 0.3) is 0 Å². The molecule has 20 heavy (non-hydrogen) atoms. The fourth-order valence-electron chi connectivity index (χ4n) is 1.56. The lowest BCUT2D eigenvalue weighted by molar-refractivity contribution is -0.139. The van der Waals surface area contributed by atoms with Gasteiger partial charge in [-0.1, -0.05) is 13.3 Å². The van der Waals surface area contributed by atoms with Crippen molar-refractivity contribution in [1.29, 1.82) is 0 Å². The summed E-state index contributed by atoms with van der Waals surface area (Å²) < 4.78 is 5.18. The van der Waals surface area contributed by atoms with Gasteiger partial charge in [0.05, 0.1) is 18.5 Å². The molecule has 0 saturated carbocycles. The molecule has 7 nitrogen and oxygen atoms in total. The molecular weight excluding hydrogens is 262 g/mol. The van der Waals surface area contributed by atoms with Crippen LogP contribution in [0.15, 0.2) is 18.3 Å². The molecule has 0 spiro atoms. The third-order valence-corrected chi connectivity index (χ3v) is 2.47. The lowest BCUT2D eigenvalue weighted by atomic mass is 10.2. The van der Waals surface area contributed by atoms with Gasteiger partial charge < -0.3 is 20.5 Å². The summed E-state index contributed by atoms with van der Waals surface area (Å²) in [6.07, 6.45) is 2.49. The highest BCUT2D eigenvalue weighted by molar-refractivity contribution is 5.92. The van der Waals surface area contributed by atoms with E-state index in [1.807, 2.05) is 13.8 Å². The van der Waals surface area contributed by atoms with E-state index in [0.717, 1.165) is 0 Å². The molecule has 0 fully saturated rings. The van der Waals surface area contributed by atoms with Crippen molar-refractivity contribution < 1.29 is 19.4 Å². The van der Waals surface area contributed by atoms with E-state index in [0.29, 0.717) is 31.0 Å². The van der Waals surface area contributed by atoms with E-state index >= 15 is 0 Å². The minimum atomic E-state index is -1.05. The fourth-order valence-corrected chi connectivity index (χ4v) is 1.56. The average molecular weight is 281 g/mol. The molecule has 0 aromatic carbocycles. The van der Waals surface area contributed by atoms with E-state index in [1.54, 1.807) is 12.1 Å². The van der Waals surface area contributed by atoms with Gasteiger partial charge in [0.2, 0.25) is 5.88 Å². The third kappa shape index (κ3) is 5.13. The number of nitrogens with one attached hydrogen (secondary N) is 2. The maximum absolute atomic E-state index is 11.7. The minimum absolute atomic E-state index is 0.379. The van der Waals surface area contributed by atoms with Crippen molar-refractivity contribution in [2.45, 2.75) is 32.7 Å². The number of ether oxygens (including phenoxy) is 1. The van der Waals surface area contributed by atoms with Crippen molar-refractivity contribution in [2.24, 2.45) is 0 Å². The van der Waals surface area contributed by atoms with E-state index < -0.39 is 18.0 Å². The van der Waals surface area contributed by atoms with Crippen LogP contribution in [0.4, 0.5) is 10.5 Å². The topological polar surface area (TPSA) is 101 Å². The standard InChI is InChI=1S/C13H19N3O4/c1-3-5-10(12(17)18)16-13(19)15-9-6-7-11(14-8-9)20-4-2/h6-8,10H,3-5H2,1-2H3,(H,17,18)(H2,15,16,19)/t10-/m0/s1. The zero-order valence-corrected chi connectivity index (χ0v) is 11.5. The second-order valence-electron chi connectivity index (χ2n) is 4.10. The Kier molecular flexibility index (Phi) is 6.28. The number of anilines is 1. The summed E-state index contributed by atoms with van der Waals surface area (Å²) in [5, 5.41) is 13.9. The van der Waals surface area contributed by atoms with Gasteiger partial charge in [-0.2, -0.15) is 0 Å². The van der Waals surface area contributed by atoms with Gasteiger partial charge in [0.25, 0.3) is 0 Å². The molecule has 0 radical (unpaired) electrons. The van der Waals surface area contributed by atoms with Gasteiger partial charge in [-0.3, -0.25) is 0 Å². The first-order valence-electron chi connectivity index (χ1n) is 6.46. The van der Waals surface area contributed by atoms with Gasteiger partial charge in [0.1, 0.15) is 6.04 Å². The predicted molar refractivity (Wildman–Crippen MR) is 73.9 cm³/mol. The van der Waals surface area contributed by atoms with Crippen LogP contribution in [0.3, 0.4) is 0 Å². The van der Waals surface area contributed by atoms with Crippen LogP contribution in [-0.4, -0.2) is 34.7 Å². The average Bonchev–Trinajstić information content (AvgIpc) is 2.40. The minimum Gasteiger partial charge on any atom is -0.480 e. The van der Waals surface area contributed by atoms with E-state index in [1.165, 1.54) is 6.20 Å². The number of hydrogen-bond donors (Lipinski definition) is 3. The number of pyridine rings is 1. The van der Waals surface area contributed by atoms with Crippen LogP contribution in [-0.2, 0) is 4.79 Å². The summed E-state index contributed by atoms with van der Waals surface area (Å²) in [7, 11) is 0. The molecule has 7 heteroatoms. The van der Waals surface area contributed by atoms with Gasteiger partial charge in [-0.05, 0) is 19.4 Å². The number of carbonyl (C=O) groups excluding carboxylic acids is 1.